The van der Waals surface area contributed by atoms with Gasteiger partial charge in [-0.15, -0.1) is 11.3 Å². The SMILES string of the molecule is Cc1ccc(S(=O)(=O)NCC2CCC(C(=O)NCc3cccs3)CC2)cc1. The third-order valence-corrected chi connectivity index (χ3v) is 7.44. The van der Waals surface area contributed by atoms with Crippen LogP contribution in [0.15, 0.2) is 46.7 Å². The van der Waals surface area contributed by atoms with E-state index in [1.165, 1.54) is 0 Å². The monoisotopic (exact) mass is 406 g/mol. The zero-order valence-corrected chi connectivity index (χ0v) is 17.1. The second kappa shape index (κ2) is 8.99. The normalized spacial score (nSPS) is 20.3. The first-order chi connectivity index (χ1) is 12.9. The van der Waals surface area contributed by atoms with Gasteiger partial charge in [-0.25, -0.2) is 13.1 Å². The second-order valence-electron chi connectivity index (χ2n) is 7.18. The summed E-state index contributed by atoms with van der Waals surface area (Å²) < 4.78 is 27.5. The highest BCUT2D eigenvalue weighted by Crippen LogP contribution is 2.29. The molecule has 1 amide bonds. The van der Waals surface area contributed by atoms with Crippen molar-refractivity contribution in [1.29, 1.82) is 0 Å². The van der Waals surface area contributed by atoms with Gasteiger partial charge in [0.2, 0.25) is 15.9 Å². The molecule has 146 valence electrons. The number of rotatable bonds is 7. The van der Waals surface area contributed by atoms with Gasteiger partial charge in [-0.05, 0) is 62.1 Å². The second-order valence-corrected chi connectivity index (χ2v) is 9.98. The predicted molar refractivity (Wildman–Crippen MR) is 108 cm³/mol. The van der Waals surface area contributed by atoms with Gasteiger partial charge in [0.1, 0.15) is 0 Å². The lowest BCUT2D eigenvalue weighted by Gasteiger charge is -2.27. The Morgan fingerprint density at radius 1 is 1.11 bits per heavy atom. The Hall–Kier alpha value is -1.70. The molecular formula is C20H26N2O3S2. The highest BCUT2D eigenvalue weighted by Gasteiger charge is 2.27. The van der Waals surface area contributed by atoms with Crippen LogP contribution in [0.25, 0.3) is 0 Å². The fourth-order valence-electron chi connectivity index (χ4n) is 3.39. The molecule has 0 saturated heterocycles. The van der Waals surface area contributed by atoms with E-state index < -0.39 is 10.0 Å². The van der Waals surface area contributed by atoms with Crippen LogP contribution in [0, 0.1) is 18.8 Å². The Kier molecular flexibility index (Phi) is 6.68. The van der Waals surface area contributed by atoms with Gasteiger partial charge in [0.05, 0.1) is 11.4 Å². The maximum Gasteiger partial charge on any atom is 0.240 e. The lowest BCUT2D eigenvalue weighted by Crippen LogP contribution is -2.35. The minimum absolute atomic E-state index is 0.0370. The van der Waals surface area contributed by atoms with Crippen LogP contribution in [-0.2, 0) is 21.4 Å². The summed E-state index contributed by atoms with van der Waals surface area (Å²) in [5, 5.41) is 5.02. The van der Waals surface area contributed by atoms with Gasteiger partial charge in [-0.1, -0.05) is 23.8 Å². The molecule has 1 aliphatic rings. The summed E-state index contributed by atoms with van der Waals surface area (Å²) >= 11 is 1.64. The summed E-state index contributed by atoms with van der Waals surface area (Å²) in [5.74, 6) is 0.434. The fraction of sp³-hybridized carbons (Fsp3) is 0.450. The van der Waals surface area contributed by atoms with Gasteiger partial charge in [-0.3, -0.25) is 4.79 Å². The molecule has 0 radical (unpaired) electrons. The van der Waals surface area contributed by atoms with Crippen LogP contribution in [0.3, 0.4) is 0 Å². The Bertz CT molecular complexity index is 838. The van der Waals surface area contributed by atoms with Gasteiger partial charge >= 0.3 is 0 Å². The molecule has 7 heteroatoms. The quantitative estimate of drug-likeness (QED) is 0.739. The average molecular weight is 407 g/mol. The van der Waals surface area contributed by atoms with Crippen LogP contribution in [0.1, 0.15) is 36.1 Å². The van der Waals surface area contributed by atoms with Crippen molar-refractivity contribution in [2.75, 3.05) is 6.54 Å². The average Bonchev–Trinajstić information content (AvgIpc) is 3.19. The smallest absolute Gasteiger partial charge is 0.240 e. The topological polar surface area (TPSA) is 75.3 Å². The molecule has 1 heterocycles. The highest BCUT2D eigenvalue weighted by atomic mass is 32.2. The van der Waals surface area contributed by atoms with Gasteiger partial charge in [0.15, 0.2) is 0 Å². The third kappa shape index (κ3) is 5.64. The van der Waals surface area contributed by atoms with E-state index in [2.05, 4.69) is 10.0 Å². The number of aryl methyl sites for hydroxylation is 1. The highest BCUT2D eigenvalue weighted by molar-refractivity contribution is 7.89. The molecule has 1 aliphatic carbocycles. The van der Waals surface area contributed by atoms with Crippen molar-refractivity contribution in [1.82, 2.24) is 10.0 Å². The van der Waals surface area contributed by atoms with Crippen molar-refractivity contribution < 1.29 is 13.2 Å². The molecule has 0 spiro atoms. The molecule has 0 atom stereocenters. The third-order valence-electron chi connectivity index (χ3n) is 5.13. The van der Waals surface area contributed by atoms with Crippen LogP contribution in [0.2, 0.25) is 0 Å². The first-order valence-electron chi connectivity index (χ1n) is 9.30. The Balaban J connectivity index is 1.42. The summed E-state index contributed by atoms with van der Waals surface area (Å²) in [5.41, 5.74) is 1.03. The molecule has 5 nitrogen and oxygen atoms in total. The van der Waals surface area contributed by atoms with Gasteiger partial charge in [0, 0.05) is 17.3 Å². The maximum absolute atomic E-state index is 12.4. The zero-order valence-electron chi connectivity index (χ0n) is 15.5. The van der Waals surface area contributed by atoms with Crippen LogP contribution in [0.4, 0.5) is 0 Å². The number of amides is 1. The maximum atomic E-state index is 12.4. The largest absolute Gasteiger partial charge is 0.351 e. The molecule has 0 bridgehead atoms. The first kappa shape index (κ1) is 20.0. The van der Waals surface area contributed by atoms with Crippen LogP contribution < -0.4 is 10.0 Å². The summed E-state index contributed by atoms with van der Waals surface area (Å²) in [6.45, 7) is 2.95. The number of sulfonamides is 1. The summed E-state index contributed by atoms with van der Waals surface area (Å²) in [6.07, 6.45) is 3.36. The molecule has 1 aromatic carbocycles. The molecule has 3 rings (SSSR count). The number of carbonyl (C=O) groups excluding carboxylic acids is 1. The molecule has 2 aromatic rings. The summed E-state index contributed by atoms with van der Waals surface area (Å²) in [7, 11) is -3.47. The summed E-state index contributed by atoms with van der Waals surface area (Å²) in [6, 6.07) is 10.9. The van der Waals surface area contributed by atoms with Crippen molar-refractivity contribution >= 4 is 27.3 Å². The van der Waals surface area contributed by atoms with Crippen LogP contribution in [-0.4, -0.2) is 20.9 Å². The van der Waals surface area contributed by atoms with E-state index in [4.69, 9.17) is 0 Å². The van der Waals surface area contributed by atoms with E-state index in [1.54, 1.807) is 35.6 Å². The van der Waals surface area contributed by atoms with E-state index >= 15 is 0 Å². The summed E-state index contributed by atoms with van der Waals surface area (Å²) in [4.78, 5) is 13.8. The van der Waals surface area contributed by atoms with Crippen molar-refractivity contribution in [3.63, 3.8) is 0 Å². The lowest BCUT2D eigenvalue weighted by atomic mass is 9.81. The number of benzene rings is 1. The standard InChI is InChI=1S/C20H26N2O3S2/c1-15-4-10-19(11-5-15)27(24,25)22-13-16-6-8-17(9-7-16)20(23)21-14-18-3-2-12-26-18/h2-5,10-12,16-17,22H,6-9,13-14H2,1H3,(H,21,23). The van der Waals surface area contributed by atoms with Crippen molar-refractivity contribution in [3.8, 4) is 0 Å². The number of hydrogen-bond acceptors (Lipinski definition) is 4. The molecule has 0 aliphatic heterocycles. The zero-order chi connectivity index (χ0) is 19.3. The molecule has 1 saturated carbocycles. The van der Waals surface area contributed by atoms with Gasteiger partial charge in [-0.2, -0.15) is 0 Å². The van der Waals surface area contributed by atoms with Gasteiger partial charge in [0.25, 0.3) is 0 Å². The first-order valence-corrected chi connectivity index (χ1v) is 11.7. The molecular weight excluding hydrogens is 380 g/mol. The van der Waals surface area contributed by atoms with Crippen molar-refractivity contribution in [2.45, 2.75) is 44.0 Å². The molecule has 1 fully saturated rings. The fourth-order valence-corrected chi connectivity index (χ4v) is 5.15. The van der Waals surface area contributed by atoms with Crippen LogP contribution >= 0.6 is 11.3 Å². The van der Waals surface area contributed by atoms with E-state index in [0.29, 0.717) is 18.0 Å². The van der Waals surface area contributed by atoms with E-state index in [1.807, 2.05) is 24.4 Å². The van der Waals surface area contributed by atoms with E-state index in [-0.39, 0.29) is 17.7 Å². The van der Waals surface area contributed by atoms with Crippen molar-refractivity contribution in [3.05, 3.63) is 52.2 Å². The lowest BCUT2D eigenvalue weighted by molar-refractivity contribution is -0.126. The minimum Gasteiger partial charge on any atom is -0.351 e. The Morgan fingerprint density at radius 3 is 2.44 bits per heavy atom. The number of carbonyl (C=O) groups is 1. The number of thiophene rings is 1. The van der Waals surface area contributed by atoms with Crippen molar-refractivity contribution in [2.24, 2.45) is 11.8 Å². The van der Waals surface area contributed by atoms with E-state index in [9.17, 15) is 13.2 Å². The molecule has 0 unspecified atom stereocenters. The van der Waals surface area contributed by atoms with E-state index in [0.717, 1.165) is 36.1 Å². The number of hydrogen-bond donors (Lipinski definition) is 2. The Morgan fingerprint density at radius 2 is 1.81 bits per heavy atom. The predicted octanol–water partition coefficient (Wildman–Crippen LogP) is 3.46. The molecule has 27 heavy (non-hydrogen) atoms. The Labute approximate surface area is 165 Å². The van der Waals surface area contributed by atoms with Gasteiger partial charge < -0.3 is 5.32 Å². The minimum atomic E-state index is -3.47. The number of nitrogens with one attached hydrogen (secondary N) is 2. The molecule has 2 N–H and O–H groups in total. The molecule has 1 aromatic heterocycles. The van der Waals surface area contributed by atoms with Crippen LogP contribution in [0.5, 0.6) is 0 Å².